The summed E-state index contributed by atoms with van der Waals surface area (Å²) in [7, 11) is 0. The first-order valence-corrected chi connectivity index (χ1v) is 6.28. The first kappa shape index (κ1) is 43.4. The van der Waals surface area contributed by atoms with Gasteiger partial charge in [0.1, 0.15) is 0 Å². The minimum absolute atomic E-state index is 0. The van der Waals surface area contributed by atoms with E-state index in [4.69, 9.17) is 9.84 Å². The Balaban J connectivity index is -0.0000000963. The molecule has 2 unspecified atom stereocenters. The Morgan fingerprint density at radius 1 is 0.875 bits per heavy atom. The van der Waals surface area contributed by atoms with E-state index in [1.54, 1.807) is 6.92 Å². The van der Waals surface area contributed by atoms with E-state index in [2.05, 4.69) is 0 Å². The molecule has 24 heavy (non-hydrogen) atoms. The average Bonchev–Trinajstić information content (AvgIpc) is 2.25. The summed E-state index contributed by atoms with van der Waals surface area (Å²) in [6, 6.07) is 0. The molecular weight excluding hydrogens is 308 g/mol. The maximum atomic E-state index is 11.3. The maximum Gasteiger partial charge on any atom is 0.307 e. The molecule has 154 valence electrons. The van der Waals surface area contributed by atoms with Crippen molar-refractivity contribution in [3.8, 4) is 0 Å². The Morgan fingerprint density at radius 3 is 1.50 bits per heavy atom. The quantitative estimate of drug-likeness (QED) is 0.524. The second kappa shape index (κ2) is 19.9. The average molecular weight is 357 g/mol. The molecule has 0 spiro atoms. The Bertz CT molecular complexity index is 287. The summed E-state index contributed by atoms with van der Waals surface area (Å²) < 4.78 is 5.31. The van der Waals surface area contributed by atoms with E-state index < -0.39 is 23.8 Å². The lowest BCUT2D eigenvalue weighted by Gasteiger charge is -2.30. The van der Waals surface area contributed by atoms with Crippen molar-refractivity contribution in [1.29, 1.82) is 0 Å². The predicted molar refractivity (Wildman–Crippen MR) is 108 cm³/mol. The third-order valence-electron chi connectivity index (χ3n) is 3.03. The standard InChI is InChI=1S/C13H24O5.6CH4/c1-5-9(11(14)15)10(12(16)17)7-13(3,4)8-18-6-2;;;;;;/h9-10H,5-8H2,1-4H3,(H,14,15)(H,16,17);6*1H4. The van der Waals surface area contributed by atoms with E-state index in [0.717, 1.165) is 0 Å². The van der Waals surface area contributed by atoms with Gasteiger partial charge in [0, 0.05) is 6.61 Å². The van der Waals surface area contributed by atoms with Gasteiger partial charge < -0.3 is 14.9 Å². The second-order valence-corrected chi connectivity index (χ2v) is 5.30. The van der Waals surface area contributed by atoms with Gasteiger partial charge in [-0.3, -0.25) is 9.59 Å². The van der Waals surface area contributed by atoms with Crippen LogP contribution in [0.15, 0.2) is 0 Å². The molecule has 0 aliphatic carbocycles. The Labute approximate surface area is 152 Å². The Hall–Kier alpha value is -1.10. The van der Waals surface area contributed by atoms with Gasteiger partial charge in [-0.1, -0.05) is 65.3 Å². The van der Waals surface area contributed by atoms with E-state index in [1.807, 2.05) is 20.8 Å². The van der Waals surface area contributed by atoms with Gasteiger partial charge in [0.2, 0.25) is 0 Å². The van der Waals surface area contributed by atoms with E-state index in [9.17, 15) is 14.7 Å². The zero-order valence-corrected chi connectivity index (χ0v) is 11.6. The lowest BCUT2D eigenvalue weighted by molar-refractivity contribution is -0.155. The summed E-state index contributed by atoms with van der Waals surface area (Å²) >= 11 is 0. The summed E-state index contributed by atoms with van der Waals surface area (Å²) in [6.07, 6.45) is 0.615. The highest BCUT2D eigenvalue weighted by molar-refractivity contribution is 5.79. The van der Waals surface area contributed by atoms with Crippen LogP contribution in [-0.4, -0.2) is 35.4 Å². The fraction of sp³-hybridized carbons (Fsp3) is 0.895. The molecule has 0 saturated carbocycles. The first-order valence-electron chi connectivity index (χ1n) is 6.28. The zero-order chi connectivity index (χ0) is 14.3. The number of ether oxygens (including phenoxy) is 1. The molecule has 0 saturated heterocycles. The normalized spacial score (nSPS) is 11.3. The minimum atomic E-state index is -1.05. The molecule has 0 radical (unpaired) electrons. The van der Waals surface area contributed by atoms with Gasteiger partial charge in [0.05, 0.1) is 18.4 Å². The van der Waals surface area contributed by atoms with Gasteiger partial charge in [0.15, 0.2) is 0 Å². The van der Waals surface area contributed by atoms with Crippen molar-refractivity contribution in [2.45, 2.75) is 85.1 Å². The van der Waals surface area contributed by atoms with Crippen LogP contribution in [0.1, 0.15) is 85.1 Å². The van der Waals surface area contributed by atoms with Crippen molar-refractivity contribution in [3.63, 3.8) is 0 Å². The third-order valence-corrected chi connectivity index (χ3v) is 3.03. The largest absolute Gasteiger partial charge is 0.481 e. The molecule has 0 aliphatic rings. The van der Waals surface area contributed by atoms with Gasteiger partial charge in [-0.05, 0) is 25.2 Å². The van der Waals surface area contributed by atoms with Gasteiger partial charge in [-0.15, -0.1) is 0 Å². The molecule has 0 amide bonds. The molecule has 0 fully saturated rings. The maximum absolute atomic E-state index is 11.3. The van der Waals surface area contributed by atoms with Gasteiger partial charge in [0.25, 0.3) is 0 Å². The van der Waals surface area contributed by atoms with Crippen LogP contribution >= 0.6 is 0 Å². The van der Waals surface area contributed by atoms with Crippen molar-refractivity contribution < 1.29 is 24.5 Å². The number of carbonyl (C=O) groups is 2. The van der Waals surface area contributed by atoms with E-state index in [-0.39, 0.29) is 50.0 Å². The lowest BCUT2D eigenvalue weighted by atomic mass is 9.77. The zero-order valence-electron chi connectivity index (χ0n) is 11.6. The van der Waals surface area contributed by atoms with Crippen molar-refractivity contribution in [3.05, 3.63) is 0 Å². The fourth-order valence-electron chi connectivity index (χ4n) is 2.07. The molecule has 0 heterocycles. The molecule has 2 atom stereocenters. The molecule has 2 N–H and O–H groups in total. The fourth-order valence-corrected chi connectivity index (χ4v) is 2.07. The molecule has 0 rings (SSSR count). The molecule has 0 bridgehead atoms. The topological polar surface area (TPSA) is 83.8 Å². The highest BCUT2D eigenvalue weighted by atomic mass is 16.5. The highest BCUT2D eigenvalue weighted by Crippen LogP contribution is 2.31. The van der Waals surface area contributed by atoms with Crippen LogP contribution in [0.2, 0.25) is 0 Å². The van der Waals surface area contributed by atoms with Crippen LogP contribution in [0, 0.1) is 17.3 Å². The first-order chi connectivity index (χ1) is 8.25. The number of hydrogen-bond donors (Lipinski definition) is 2. The summed E-state index contributed by atoms with van der Waals surface area (Å²) in [5.74, 6) is -3.81. The van der Waals surface area contributed by atoms with Crippen LogP contribution in [0.3, 0.4) is 0 Å². The van der Waals surface area contributed by atoms with E-state index in [0.29, 0.717) is 26.1 Å². The molecule has 0 aromatic rings. The number of carboxylic acid groups (broad SMARTS) is 2. The van der Waals surface area contributed by atoms with E-state index >= 15 is 0 Å². The lowest BCUT2D eigenvalue weighted by Crippen LogP contribution is -2.35. The van der Waals surface area contributed by atoms with Crippen molar-refractivity contribution >= 4 is 11.9 Å². The third kappa shape index (κ3) is 15.8. The molecule has 0 aromatic carbocycles. The monoisotopic (exact) mass is 356 g/mol. The smallest absolute Gasteiger partial charge is 0.307 e. The van der Waals surface area contributed by atoms with Crippen LogP contribution in [0.5, 0.6) is 0 Å². The number of aliphatic carboxylic acids is 2. The Kier molecular flexibility index (Phi) is 36.1. The minimum Gasteiger partial charge on any atom is -0.481 e. The van der Waals surface area contributed by atoms with Crippen LogP contribution in [0.25, 0.3) is 0 Å². The summed E-state index contributed by atoms with van der Waals surface area (Å²) in [5, 5.41) is 18.3. The van der Waals surface area contributed by atoms with Crippen molar-refractivity contribution in [2.24, 2.45) is 17.3 Å². The summed E-state index contributed by atoms with van der Waals surface area (Å²) in [4.78, 5) is 22.3. The SMILES string of the molecule is C.C.C.C.C.C.CCOCC(C)(C)CC(C(=O)O)C(CC)C(=O)O. The second-order valence-electron chi connectivity index (χ2n) is 5.30. The molecule has 5 nitrogen and oxygen atoms in total. The number of rotatable bonds is 9. The highest BCUT2D eigenvalue weighted by Gasteiger charge is 2.36. The number of carboxylic acids is 2. The predicted octanol–water partition coefficient (Wildman–Crippen LogP) is 6.07. The number of hydrogen-bond acceptors (Lipinski definition) is 3. The van der Waals surface area contributed by atoms with Crippen LogP contribution < -0.4 is 0 Å². The van der Waals surface area contributed by atoms with Crippen LogP contribution in [0.4, 0.5) is 0 Å². The Morgan fingerprint density at radius 2 is 1.25 bits per heavy atom. The van der Waals surface area contributed by atoms with Crippen molar-refractivity contribution in [2.75, 3.05) is 13.2 Å². The van der Waals surface area contributed by atoms with Gasteiger partial charge >= 0.3 is 11.9 Å². The van der Waals surface area contributed by atoms with E-state index in [1.165, 1.54) is 0 Å². The van der Waals surface area contributed by atoms with Gasteiger partial charge in [-0.2, -0.15) is 0 Å². The molecule has 0 aromatic heterocycles. The summed E-state index contributed by atoms with van der Waals surface area (Å²) in [6.45, 7) is 8.36. The molecule has 5 heteroatoms. The van der Waals surface area contributed by atoms with Crippen LogP contribution in [-0.2, 0) is 14.3 Å². The molecular formula is C19H48O5. The van der Waals surface area contributed by atoms with Crippen molar-refractivity contribution in [1.82, 2.24) is 0 Å². The van der Waals surface area contributed by atoms with Gasteiger partial charge in [-0.25, -0.2) is 0 Å². The summed E-state index contributed by atoms with van der Waals surface area (Å²) in [5.41, 5.74) is -0.345. The molecule has 0 aliphatic heterocycles.